The van der Waals surface area contributed by atoms with Gasteiger partial charge >= 0.3 is 5.97 Å². The Hall–Kier alpha value is -1.68. The molecular formula is C15H14BrNO2. The first-order valence-electron chi connectivity index (χ1n) is 6.02. The number of benzene rings is 1. The van der Waals surface area contributed by atoms with E-state index >= 15 is 0 Å². The summed E-state index contributed by atoms with van der Waals surface area (Å²) in [6, 6.07) is 9.48. The number of carboxylic acids is 1. The summed E-state index contributed by atoms with van der Waals surface area (Å²) in [5.74, 6) is -0.928. The smallest absolute Gasteiger partial charge is 0.337 e. The van der Waals surface area contributed by atoms with Gasteiger partial charge in [0.25, 0.3) is 0 Å². The van der Waals surface area contributed by atoms with Crippen molar-refractivity contribution in [2.75, 3.05) is 0 Å². The third-order valence-electron chi connectivity index (χ3n) is 3.01. The molecule has 0 aliphatic carbocycles. The van der Waals surface area contributed by atoms with Gasteiger partial charge in [-0.3, -0.25) is 4.98 Å². The van der Waals surface area contributed by atoms with Crippen LogP contribution in [0.25, 0.3) is 11.1 Å². The molecule has 19 heavy (non-hydrogen) atoms. The molecule has 0 fully saturated rings. The molecule has 1 N–H and O–H groups in total. The second-order valence-corrected chi connectivity index (χ2v) is 5.20. The largest absolute Gasteiger partial charge is 0.478 e. The molecule has 0 amide bonds. The molecule has 0 radical (unpaired) electrons. The van der Waals surface area contributed by atoms with Crippen LogP contribution in [-0.4, -0.2) is 16.1 Å². The molecule has 0 unspecified atom stereocenters. The predicted molar refractivity (Wildman–Crippen MR) is 78.4 cm³/mol. The molecular weight excluding hydrogens is 306 g/mol. The van der Waals surface area contributed by atoms with Crippen LogP contribution in [-0.2, 0) is 6.42 Å². The summed E-state index contributed by atoms with van der Waals surface area (Å²) in [5, 5.41) is 9.26. The molecule has 2 aromatic rings. The molecule has 98 valence electrons. The summed E-state index contributed by atoms with van der Waals surface area (Å²) in [5.41, 5.74) is 3.60. The van der Waals surface area contributed by atoms with Crippen LogP contribution in [0.5, 0.6) is 0 Å². The van der Waals surface area contributed by atoms with Crippen molar-refractivity contribution in [3.05, 3.63) is 51.8 Å². The van der Waals surface area contributed by atoms with Gasteiger partial charge in [-0.05, 0) is 37.1 Å². The van der Waals surface area contributed by atoms with Crippen molar-refractivity contribution < 1.29 is 9.90 Å². The monoisotopic (exact) mass is 319 g/mol. The molecule has 0 saturated heterocycles. The Morgan fingerprint density at radius 1 is 1.32 bits per heavy atom. The zero-order valence-corrected chi connectivity index (χ0v) is 12.4. The molecule has 0 bridgehead atoms. The Morgan fingerprint density at radius 3 is 2.47 bits per heavy atom. The molecule has 1 heterocycles. The maximum Gasteiger partial charge on any atom is 0.337 e. The molecule has 0 saturated carbocycles. The highest BCUT2D eigenvalue weighted by molar-refractivity contribution is 9.10. The fourth-order valence-corrected chi connectivity index (χ4v) is 2.30. The molecule has 3 nitrogen and oxygen atoms in total. The van der Waals surface area contributed by atoms with E-state index in [1.54, 1.807) is 6.07 Å². The molecule has 4 heteroatoms. The molecule has 2 rings (SSSR count). The number of nitrogens with zero attached hydrogens (tertiary/aromatic N) is 1. The lowest BCUT2D eigenvalue weighted by atomic mass is 10.00. The first-order chi connectivity index (χ1) is 9.02. The SMILES string of the molecule is CCc1nc(C)c(-c2ccc(Br)cc2)cc1C(=O)O. The van der Waals surface area contributed by atoms with E-state index in [1.807, 2.05) is 38.1 Å². The maximum absolute atomic E-state index is 11.3. The number of rotatable bonds is 3. The Balaban J connectivity index is 2.60. The van der Waals surface area contributed by atoms with Gasteiger partial charge in [0.15, 0.2) is 0 Å². The minimum Gasteiger partial charge on any atom is -0.478 e. The molecule has 0 atom stereocenters. The van der Waals surface area contributed by atoms with Gasteiger partial charge in [0.2, 0.25) is 0 Å². The summed E-state index contributed by atoms with van der Waals surface area (Å²) >= 11 is 3.39. The van der Waals surface area contributed by atoms with Crippen LogP contribution in [0.2, 0.25) is 0 Å². The third kappa shape index (κ3) is 2.84. The number of carbonyl (C=O) groups is 1. The topological polar surface area (TPSA) is 50.2 Å². The summed E-state index contributed by atoms with van der Waals surface area (Å²) in [6.07, 6.45) is 0.614. The number of halogens is 1. The fraction of sp³-hybridized carbons (Fsp3) is 0.200. The average molecular weight is 320 g/mol. The van der Waals surface area contributed by atoms with E-state index in [-0.39, 0.29) is 5.56 Å². The number of pyridine rings is 1. The van der Waals surface area contributed by atoms with Gasteiger partial charge in [-0.1, -0.05) is 35.0 Å². The summed E-state index contributed by atoms with van der Waals surface area (Å²) in [6.45, 7) is 3.82. The molecule has 1 aromatic heterocycles. The normalized spacial score (nSPS) is 10.5. The van der Waals surface area contributed by atoms with Crippen molar-refractivity contribution in [1.29, 1.82) is 0 Å². The first-order valence-corrected chi connectivity index (χ1v) is 6.82. The van der Waals surface area contributed by atoms with Crippen LogP contribution in [0, 0.1) is 6.92 Å². The number of carboxylic acid groups (broad SMARTS) is 1. The van der Waals surface area contributed by atoms with Crippen LogP contribution in [0.1, 0.15) is 28.7 Å². The molecule has 0 aliphatic heterocycles. The average Bonchev–Trinajstić information content (AvgIpc) is 2.39. The van der Waals surface area contributed by atoms with Gasteiger partial charge in [-0.15, -0.1) is 0 Å². The van der Waals surface area contributed by atoms with Crippen molar-refractivity contribution in [3.63, 3.8) is 0 Å². The van der Waals surface area contributed by atoms with E-state index < -0.39 is 5.97 Å². The number of hydrogen-bond donors (Lipinski definition) is 1. The minimum absolute atomic E-state index is 0.283. The lowest BCUT2D eigenvalue weighted by Gasteiger charge is -2.10. The summed E-state index contributed by atoms with van der Waals surface area (Å²) in [7, 11) is 0. The van der Waals surface area contributed by atoms with E-state index in [0.29, 0.717) is 12.1 Å². The number of hydrogen-bond acceptors (Lipinski definition) is 2. The summed E-state index contributed by atoms with van der Waals surface area (Å²) < 4.78 is 0.991. The van der Waals surface area contributed by atoms with E-state index in [9.17, 15) is 9.90 Å². The van der Waals surface area contributed by atoms with Crippen LogP contribution in [0.3, 0.4) is 0 Å². The first kappa shape index (κ1) is 13.7. The number of aromatic carboxylic acids is 1. The van der Waals surface area contributed by atoms with Crippen molar-refractivity contribution in [2.45, 2.75) is 20.3 Å². The highest BCUT2D eigenvalue weighted by atomic mass is 79.9. The number of aromatic nitrogens is 1. The quantitative estimate of drug-likeness (QED) is 0.927. The zero-order valence-electron chi connectivity index (χ0n) is 10.8. The lowest BCUT2D eigenvalue weighted by Crippen LogP contribution is -2.06. The van der Waals surface area contributed by atoms with E-state index in [2.05, 4.69) is 20.9 Å². The molecule has 1 aromatic carbocycles. The second-order valence-electron chi connectivity index (χ2n) is 4.28. The Labute approximate surface area is 120 Å². The third-order valence-corrected chi connectivity index (χ3v) is 3.54. The lowest BCUT2D eigenvalue weighted by molar-refractivity contribution is 0.0695. The van der Waals surface area contributed by atoms with E-state index in [0.717, 1.165) is 21.3 Å². The highest BCUT2D eigenvalue weighted by Gasteiger charge is 2.14. The van der Waals surface area contributed by atoms with Gasteiger partial charge in [0.05, 0.1) is 11.3 Å². The summed E-state index contributed by atoms with van der Waals surface area (Å²) in [4.78, 5) is 15.7. The van der Waals surface area contributed by atoms with Crippen LogP contribution >= 0.6 is 15.9 Å². The Kier molecular flexibility index (Phi) is 4.00. The van der Waals surface area contributed by atoms with Crippen LogP contribution in [0.4, 0.5) is 0 Å². The van der Waals surface area contributed by atoms with Crippen LogP contribution < -0.4 is 0 Å². The Morgan fingerprint density at radius 2 is 1.95 bits per heavy atom. The molecule has 0 aliphatic rings. The zero-order chi connectivity index (χ0) is 14.0. The minimum atomic E-state index is -0.928. The van der Waals surface area contributed by atoms with Crippen molar-refractivity contribution in [1.82, 2.24) is 4.98 Å². The van der Waals surface area contributed by atoms with Crippen LogP contribution in [0.15, 0.2) is 34.8 Å². The van der Waals surface area contributed by atoms with E-state index in [1.165, 1.54) is 0 Å². The standard InChI is InChI=1S/C15H14BrNO2/c1-3-14-13(15(18)19)8-12(9(2)17-14)10-4-6-11(16)7-5-10/h4-8H,3H2,1-2H3,(H,18,19). The van der Waals surface area contributed by atoms with Crippen molar-refractivity contribution >= 4 is 21.9 Å². The van der Waals surface area contributed by atoms with Gasteiger partial charge in [-0.25, -0.2) is 4.79 Å². The Bertz CT molecular complexity index is 621. The predicted octanol–water partition coefficient (Wildman–Crippen LogP) is 4.08. The second kappa shape index (κ2) is 5.53. The van der Waals surface area contributed by atoms with Gasteiger partial charge in [0.1, 0.15) is 0 Å². The van der Waals surface area contributed by atoms with Crippen molar-refractivity contribution in [3.8, 4) is 11.1 Å². The number of aryl methyl sites for hydroxylation is 2. The van der Waals surface area contributed by atoms with Gasteiger partial charge in [0, 0.05) is 15.7 Å². The van der Waals surface area contributed by atoms with Gasteiger partial charge in [-0.2, -0.15) is 0 Å². The van der Waals surface area contributed by atoms with Gasteiger partial charge < -0.3 is 5.11 Å². The van der Waals surface area contributed by atoms with Crippen molar-refractivity contribution in [2.24, 2.45) is 0 Å². The highest BCUT2D eigenvalue weighted by Crippen LogP contribution is 2.26. The fourth-order valence-electron chi connectivity index (χ4n) is 2.03. The maximum atomic E-state index is 11.3. The molecule has 0 spiro atoms. The van der Waals surface area contributed by atoms with E-state index in [4.69, 9.17) is 0 Å².